The Kier molecular flexibility index (Phi) is 4.17. The Hall–Kier alpha value is -1.87. The number of aliphatic hydroxyl groups excluding tert-OH is 1. The van der Waals surface area contributed by atoms with Crippen molar-refractivity contribution in [2.24, 2.45) is 0 Å². The average Bonchev–Trinajstić information content (AvgIpc) is 2.41. The number of methoxy groups -OCH3 is 1. The number of hydrogen-bond acceptors (Lipinski definition) is 2. The highest BCUT2D eigenvalue weighted by Gasteiger charge is 2.12. The molecule has 3 heteroatoms. The van der Waals surface area contributed by atoms with E-state index in [1.165, 1.54) is 19.2 Å². The zero-order valence-electron chi connectivity index (χ0n) is 11.1. The quantitative estimate of drug-likeness (QED) is 0.912. The Labute approximate surface area is 112 Å². The maximum absolute atomic E-state index is 13.6. The molecule has 0 spiro atoms. The van der Waals surface area contributed by atoms with E-state index in [4.69, 9.17) is 4.74 Å². The van der Waals surface area contributed by atoms with Crippen LogP contribution in [0, 0.1) is 12.7 Å². The van der Waals surface area contributed by atoms with E-state index in [9.17, 15) is 9.50 Å². The third-order valence-corrected chi connectivity index (χ3v) is 3.24. The van der Waals surface area contributed by atoms with E-state index >= 15 is 0 Å². The maximum atomic E-state index is 13.6. The van der Waals surface area contributed by atoms with Gasteiger partial charge in [-0.1, -0.05) is 30.3 Å². The molecule has 0 bridgehead atoms. The number of benzene rings is 2. The number of halogens is 1. The summed E-state index contributed by atoms with van der Waals surface area (Å²) in [5, 5.41) is 10.2. The van der Waals surface area contributed by atoms with Crippen molar-refractivity contribution in [1.29, 1.82) is 0 Å². The highest BCUT2D eigenvalue weighted by Crippen LogP contribution is 2.24. The molecule has 2 rings (SSSR count). The molecule has 0 saturated carbocycles. The van der Waals surface area contributed by atoms with E-state index in [0.717, 1.165) is 11.1 Å². The SMILES string of the molecule is COc1ccc(C(O)Cc2ccccc2C)cc1F. The first-order valence-corrected chi connectivity index (χ1v) is 6.18. The molecule has 0 radical (unpaired) electrons. The summed E-state index contributed by atoms with van der Waals surface area (Å²) in [6.45, 7) is 2.00. The van der Waals surface area contributed by atoms with Gasteiger partial charge in [-0.15, -0.1) is 0 Å². The molecule has 0 aliphatic rings. The molecule has 2 aromatic carbocycles. The van der Waals surface area contributed by atoms with Crippen molar-refractivity contribution in [3.8, 4) is 5.75 Å². The largest absolute Gasteiger partial charge is 0.494 e. The predicted octanol–water partition coefficient (Wildman–Crippen LogP) is 3.42. The van der Waals surface area contributed by atoms with Crippen LogP contribution in [0.2, 0.25) is 0 Å². The van der Waals surface area contributed by atoms with E-state index in [0.29, 0.717) is 12.0 Å². The second-order valence-electron chi connectivity index (χ2n) is 4.54. The highest BCUT2D eigenvalue weighted by molar-refractivity contribution is 5.32. The van der Waals surface area contributed by atoms with Gasteiger partial charge < -0.3 is 9.84 Å². The molecular formula is C16H17FO2. The minimum Gasteiger partial charge on any atom is -0.494 e. The fourth-order valence-corrected chi connectivity index (χ4v) is 2.06. The molecule has 1 atom stereocenters. The number of rotatable bonds is 4. The molecule has 0 aliphatic heterocycles. The van der Waals surface area contributed by atoms with Gasteiger partial charge in [0.2, 0.25) is 0 Å². The Morgan fingerprint density at radius 3 is 2.58 bits per heavy atom. The summed E-state index contributed by atoms with van der Waals surface area (Å²) in [4.78, 5) is 0. The van der Waals surface area contributed by atoms with E-state index in [-0.39, 0.29) is 5.75 Å². The fourth-order valence-electron chi connectivity index (χ4n) is 2.06. The molecule has 2 aromatic rings. The molecule has 0 fully saturated rings. The van der Waals surface area contributed by atoms with Crippen LogP contribution >= 0.6 is 0 Å². The van der Waals surface area contributed by atoms with Gasteiger partial charge in [-0.25, -0.2) is 4.39 Å². The predicted molar refractivity (Wildman–Crippen MR) is 72.8 cm³/mol. The number of aryl methyl sites for hydroxylation is 1. The molecule has 0 aromatic heterocycles. The Bertz CT molecular complexity index is 566. The molecule has 1 N–H and O–H groups in total. The van der Waals surface area contributed by atoms with Crippen LogP contribution < -0.4 is 4.74 Å². The third-order valence-electron chi connectivity index (χ3n) is 3.24. The fraction of sp³-hybridized carbons (Fsp3) is 0.250. The molecule has 0 aliphatic carbocycles. The molecule has 0 amide bonds. The zero-order valence-corrected chi connectivity index (χ0v) is 11.1. The summed E-state index contributed by atoms with van der Waals surface area (Å²) >= 11 is 0. The van der Waals surface area contributed by atoms with Crippen LogP contribution in [0.5, 0.6) is 5.75 Å². The Morgan fingerprint density at radius 1 is 1.21 bits per heavy atom. The van der Waals surface area contributed by atoms with Gasteiger partial charge in [-0.05, 0) is 35.7 Å². The lowest BCUT2D eigenvalue weighted by Crippen LogP contribution is -2.04. The summed E-state index contributed by atoms with van der Waals surface area (Å²) in [6.07, 6.45) is -0.250. The first-order valence-electron chi connectivity index (χ1n) is 6.18. The lowest BCUT2D eigenvalue weighted by molar-refractivity contribution is 0.177. The van der Waals surface area contributed by atoms with Gasteiger partial charge in [-0.2, -0.15) is 0 Å². The maximum Gasteiger partial charge on any atom is 0.165 e. The van der Waals surface area contributed by atoms with E-state index in [2.05, 4.69) is 0 Å². The van der Waals surface area contributed by atoms with E-state index < -0.39 is 11.9 Å². The summed E-state index contributed by atoms with van der Waals surface area (Å²) in [5.74, 6) is -0.268. The van der Waals surface area contributed by atoms with Crippen molar-refractivity contribution in [2.45, 2.75) is 19.4 Å². The standard InChI is InChI=1S/C16H17FO2/c1-11-5-3-4-6-12(11)10-15(18)13-7-8-16(19-2)14(17)9-13/h3-9,15,18H,10H2,1-2H3. The molecule has 100 valence electrons. The molecule has 0 saturated heterocycles. The van der Waals surface area contributed by atoms with Crippen LogP contribution in [0.15, 0.2) is 42.5 Å². The monoisotopic (exact) mass is 260 g/mol. The van der Waals surface area contributed by atoms with Crippen molar-refractivity contribution in [2.75, 3.05) is 7.11 Å². The second-order valence-corrected chi connectivity index (χ2v) is 4.54. The minimum atomic E-state index is -0.721. The lowest BCUT2D eigenvalue weighted by atomic mass is 9.98. The minimum absolute atomic E-state index is 0.187. The van der Waals surface area contributed by atoms with Crippen LogP contribution in [0.3, 0.4) is 0 Å². The Balaban J connectivity index is 2.18. The van der Waals surface area contributed by atoms with Crippen molar-refractivity contribution in [3.63, 3.8) is 0 Å². The van der Waals surface area contributed by atoms with Gasteiger partial charge in [-0.3, -0.25) is 0 Å². The van der Waals surface area contributed by atoms with Gasteiger partial charge >= 0.3 is 0 Å². The topological polar surface area (TPSA) is 29.5 Å². The Morgan fingerprint density at radius 2 is 1.95 bits per heavy atom. The van der Waals surface area contributed by atoms with Gasteiger partial charge in [0.05, 0.1) is 13.2 Å². The number of hydrogen-bond donors (Lipinski definition) is 1. The van der Waals surface area contributed by atoms with Crippen LogP contribution in [-0.4, -0.2) is 12.2 Å². The second kappa shape index (κ2) is 5.85. The van der Waals surface area contributed by atoms with Crippen LogP contribution in [-0.2, 0) is 6.42 Å². The molecule has 0 heterocycles. The third kappa shape index (κ3) is 3.12. The summed E-state index contributed by atoms with van der Waals surface area (Å²) in [6, 6.07) is 12.4. The number of ether oxygens (including phenoxy) is 1. The van der Waals surface area contributed by atoms with Crippen molar-refractivity contribution >= 4 is 0 Å². The first-order chi connectivity index (χ1) is 9.11. The van der Waals surface area contributed by atoms with Crippen LogP contribution in [0.25, 0.3) is 0 Å². The normalized spacial score (nSPS) is 12.2. The van der Waals surface area contributed by atoms with Gasteiger partial charge in [0.25, 0.3) is 0 Å². The number of aliphatic hydroxyl groups is 1. The summed E-state index contributed by atoms with van der Waals surface area (Å²) in [7, 11) is 1.42. The smallest absolute Gasteiger partial charge is 0.165 e. The van der Waals surface area contributed by atoms with Crippen molar-refractivity contribution in [1.82, 2.24) is 0 Å². The summed E-state index contributed by atoms with van der Waals surface area (Å²) in [5.41, 5.74) is 2.74. The highest BCUT2D eigenvalue weighted by atomic mass is 19.1. The van der Waals surface area contributed by atoms with Crippen LogP contribution in [0.1, 0.15) is 22.8 Å². The lowest BCUT2D eigenvalue weighted by Gasteiger charge is -2.13. The van der Waals surface area contributed by atoms with Gasteiger partial charge in [0, 0.05) is 6.42 Å². The molecular weight excluding hydrogens is 243 g/mol. The molecule has 19 heavy (non-hydrogen) atoms. The first kappa shape index (κ1) is 13.6. The van der Waals surface area contributed by atoms with Gasteiger partial charge in [0.15, 0.2) is 11.6 Å². The zero-order chi connectivity index (χ0) is 13.8. The van der Waals surface area contributed by atoms with Crippen molar-refractivity contribution in [3.05, 3.63) is 65.0 Å². The molecule has 1 unspecified atom stereocenters. The summed E-state index contributed by atoms with van der Waals surface area (Å²) < 4.78 is 18.5. The molecule has 2 nitrogen and oxygen atoms in total. The van der Waals surface area contributed by atoms with Crippen LogP contribution in [0.4, 0.5) is 4.39 Å². The van der Waals surface area contributed by atoms with Crippen molar-refractivity contribution < 1.29 is 14.2 Å². The van der Waals surface area contributed by atoms with E-state index in [1.54, 1.807) is 6.07 Å². The average molecular weight is 260 g/mol. The van der Waals surface area contributed by atoms with Gasteiger partial charge in [0.1, 0.15) is 0 Å². The van der Waals surface area contributed by atoms with E-state index in [1.807, 2.05) is 31.2 Å².